The van der Waals surface area contributed by atoms with Crippen LogP contribution in [-0.4, -0.2) is 30.4 Å². The molecule has 0 spiro atoms. The lowest BCUT2D eigenvalue weighted by molar-refractivity contribution is -0.146. The van der Waals surface area contributed by atoms with Crippen LogP contribution in [0.1, 0.15) is 48.7 Å². The molecule has 1 unspecified atom stereocenters. The van der Waals surface area contributed by atoms with E-state index < -0.39 is 12.1 Å². The normalized spacial score (nSPS) is 12.6. The first kappa shape index (κ1) is 27.6. The maximum atomic E-state index is 10.2. The molecule has 0 saturated carbocycles. The van der Waals surface area contributed by atoms with Gasteiger partial charge in [-0.1, -0.05) is 54.6 Å². The third kappa shape index (κ3) is 10.2. The summed E-state index contributed by atoms with van der Waals surface area (Å²) in [6.45, 7) is 3.91. The molecule has 3 atom stereocenters. The minimum atomic E-state index is -1.41. The molecule has 0 bridgehead atoms. The number of rotatable bonds is 6. The fraction of sp³-hybridized carbons (Fsp3) is 0.269. The standard InChI is InChI=1S/2C9H13NO.C8H8O3/c2*1-7(10)8-4-3-5-9(6-8)11-2;9-7(8(10)11)6-4-2-1-3-5-6/h2*3-7H,10H2,1-2H3;1-5,7,9H,(H,10,11)/t7-;;7-/m0.0/s1. The van der Waals surface area contributed by atoms with Crippen LogP contribution in [0, 0.1) is 0 Å². The Morgan fingerprint density at radius 2 is 1.12 bits per heavy atom. The Morgan fingerprint density at radius 1 is 0.727 bits per heavy atom. The van der Waals surface area contributed by atoms with Gasteiger partial charge < -0.3 is 31.2 Å². The average molecular weight is 455 g/mol. The highest BCUT2D eigenvalue weighted by Gasteiger charge is 2.14. The second kappa shape index (κ2) is 14.6. The molecule has 0 heterocycles. The molecule has 0 aliphatic heterocycles. The van der Waals surface area contributed by atoms with Gasteiger partial charge >= 0.3 is 5.97 Å². The zero-order chi connectivity index (χ0) is 24.8. The fourth-order valence-electron chi connectivity index (χ4n) is 2.63. The minimum Gasteiger partial charge on any atom is -0.497 e. The van der Waals surface area contributed by atoms with Gasteiger partial charge in [-0.2, -0.15) is 0 Å². The smallest absolute Gasteiger partial charge is 0.337 e. The lowest BCUT2D eigenvalue weighted by atomic mass is 10.1. The van der Waals surface area contributed by atoms with Gasteiger partial charge in [0.2, 0.25) is 0 Å². The number of hydrogen-bond donors (Lipinski definition) is 4. The van der Waals surface area contributed by atoms with Gasteiger partial charge in [-0.05, 0) is 54.8 Å². The van der Waals surface area contributed by atoms with Crippen LogP contribution in [-0.2, 0) is 4.79 Å². The molecule has 7 heteroatoms. The van der Waals surface area contributed by atoms with Crippen LogP contribution in [0.2, 0.25) is 0 Å². The van der Waals surface area contributed by atoms with Crippen molar-refractivity contribution >= 4 is 5.97 Å². The van der Waals surface area contributed by atoms with Gasteiger partial charge in [-0.3, -0.25) is 0 Å². The van der Waals surface area contributed by atoms with Crippen LogP contribution in [0.3, 0.4) is 0 Å². The van der Waals surface area contributed by atoms with Crippen molar-refractivity contribution in [3.05, 3.63) is 95.6 Å². The lowest BCUT2D eigenvalue weighted by Gasteiger charge is -2.06. The van der Waals surface area contributed by atoms with Crippen molar-refractivity contribution in [1.29, 1.82) is 0 Å². The van der Waals surface area contributed by atoms with Gasteiger partial charge in [0.1, 0.15) is 11.5 Å². The number of aliphatic carboxylic acids is 1. The topological polar surface area (TPSA) is 128 Å². The number of methoxy groups -OCH3 is 2. The maximum Gasteiger partial charge on any atom is 0.337 e. The van der Waals surface area contributed by atoms with Gasteiger partial charge in [0.15, 0.2) is 6.10 Å². The molecule has 0 aliphatic rings. The van der Waals surface area contributed by atoms with E-state index in [4.69, 9.17) is 31.2 Å². The lowest BCUT2D eigenvalue weighted by Crippen LogP contribution is -2.09. The van der Waals surface area contributed by atoms with Gasteiger partial charge in [0.25, 0.3) is 0 Å². The van der Waals surface area contributed by atoms with E-state index in [1.54, 1.807) is 44.6 Å². The van der Waals surface area contributed by atoms with Crippen LogP contribution < -0.4 is 20.9 Å². The quantitative estimate of drug-likeness (QED) is 0.439. The zero-order valence-corrected chi connectivity index (χ0v) is 19.5. The van der Waals surface area contributed by atoms with Crippen molar-refractivity contribution in [2.24, 2.45) is 11.5 Å². The van der Waals surface area contributed by atoms with Crippen LogP contribution in [0.5, 0.6) is 11.5 Å². The van der Waals surface area contributed by atoms with Crippen molar-refractivity contribution in [3.8, 4) is 11.5 Å². The van der Waals surface area contributed by atoms with E-state index in [9.17, 15) is 4.79 Å². The number of carboxylic acid groups (broad SMARTS) is 1. The Bertz CT molecular complexity index is 910. The first-order chi connectivity index (χ1) is 15.7. The second-order valence-electron chi connectivity index (χ2n) is 7.28. The summed E-state index contributed by atoms with van der Waals surface area (Å²) in [4.78, 5) is 10.2. The highest BCUT2D eigenvalue weighted by Crippen LogP contribution is 2.17. The molecule has 0 radical (unpaired) electrons. The summed E-state index contributed by atoms with van der Waals surface area (Å²) in [6.07, 6.45) is -1.41. The van der Waals surface area contributed by atoms with Crippen molar-refractivity contribution in [2.75, 3.05) is 14.2 Å². The first-order valence-electron chi connectivity index (χ1n) is 10.4. The van der Waals surface area contributed by atoms with Crippen LogP contribution in [0.25, 0.3) is 0 Å². The summed E-state index contributed by atoms with van der Waals surface area (Å²) in [5.41, 5.74) is 14.0. The van der Waals surface area contributed by atoms with Crippen LogP contribution in [0.4, 0.5) is 0 Å². The molecule has 0 fully saturated rings. The number of benzene rings is 3. The second-order valence-corrected chi connectivity index (χ2v) is 7.28. The van der Waals surface area contributed by atoms with Gasteiger partial charge in [0, 0.05) is 12.1 Å². The van der Waals surface area contributed by atoms with E-state index in [2.05, 4.69) is 0 Å². The average Bonchev–Trinajstić information content (AvgIpc) is 2.84. The molecule has 7 nitrogen and oxygen atoms in total. The fourth-order valence-corrected chi connectivity index (χ4v) is 2.63. The molecule has 33 heavy (non-hydrogen) atoms. The van der Waals surface area contributed by atoms with E-state index in [1.165, 1.54) is 0 Å². The monoisotopic (exact) mass is 454 g/mol. The summed E-state index contributed by atoms with van der Waals surface area (Å²) in [6, 6.07) is 24.0. The largest absolute Gasteiger partial charge is 0.497 e. The maximum absolute atomic E-state index is 10.2. The number of ether oxygens (including phenoxy) is 2. The molecule has 178 valence electrons. The number of nitrogens with two attached hydrogens (primary N) is 2. The Hall–Kier alpha value is -3.39. The number of aliphatic hydroxyl groups is 1. The SMILES string of the molecule is COc1cccc(C(C)N)c1.COc1cccc([C@H](C)N)c1.O=C(O)[C@@H](O)c1ccccc1. The highest BCUT2D eigenvalue weighted by molar-refractivity contribution is 5.73. The summed E-state index contributed by atoms with van der Waals surface area (Å²) in [7, 11) is 3.31. The predicted molar refractivity (Wildman–Crippen MR) is 130 cm³/mol. The molecule has 3 aromatic carbocycles. The minimum absolute atomic E-state index is 0.0742. The Labute approximate surface area is 195 Å². The van der Waals surface area contributed by atoms with Crippen LogP contribution >= 0.6 is 0 Å². The molecule has 0 aliphatic carbocycles. The Morgan fingerprint density at radius 3 is 1.45 bits per heavy atom. The van der Waals surface area contributed by atoms with Crippen molar-refractivity contribution in [1.82, 2.24) is 0 Å². The molecule has 6 N–H and O–H groups in total. The first-order valence-corrected chi connectivity index (χ1v) is 10.4. The van der Waals surface area contributed by atoms with Crippen molar-refractivity contribution in [2.45, 2.75) is 32.0 Å². The van der Waals surface area contributed by atoms with Gasteiger partial charge in [-0.25, -0.2) is 4.79 Å². The highest BCUT2D eigenvalue weighted by atomic mass is 16.5. The van der Waals surface area contributed by atoms with Gasteiger partial charge in [-0.15, -0.1) is 0 Å². The summed E-state index contributed by atoms with van der Waals surface area (Å²) in [5, 5.41) is 17.4. The molecule has 0 aromatic heterocycles. The summed E-state index contributed by atoms with van der Waals surface area (Å²) < 4.78 is 10.1. The third-order valence-electron chi connectivity index (χ3n) is 4.59. The zero-order valence-electron chi connectivity index (χ0n) is 19.5. The van der Waals surface area contributed by atoms with Crippen molar-refractivity contribution < 1.29 is 24.5 Å². The number of carboxylic acids is 1. The summed E-state index contributed by atoms with van der Waals surface area (Å²) >= 11 is 0. The number of aliphatic hydroxyl groups excluding tert-OH is 1. The molecular weight excluding hydrogens is 420 g/mol. The summed E-state index contributed by atoms with van der Waals surface area (Å²) in [5.74, 6) is 0.496. The Kier molecular flexibility index (Phi) is 12.3. The van der Waals surface area contributed by atoms with E-state index in [0.717, 1.165) is 22.6 Å². The number of hydrogen-bond acceptors (Lipinski definition) is 6. The van der Waals surface area contributed by atoms with Gasteiger partial charge in [0.05, 0.1) is 14.2 Å². The number of carbonyl (C=O) groups is 1. The van der Waals surface area contributed by atoms with Crippen molar-refractivity contribution in [3.63, 3.8) is 0 Å². The molecule has 0 saturated heterocycles. The third-order valence-corrected chi connectivity index (χ3v) is 4.59. The molecular formula is C26H34N2O5. The van der Waals surface area contributed by atoms with E-state index >= 15 is 0 Å². The molecule has 0 amide bonds. The van der Waals surface area contributed by atoms with E-state index in [0.29, 0.717) is 5.56 Å². The van der Waals surface area contributed by atoms with E-state index in [1.807, 2.05) is 62.4 Å². The molecule has 3 aromatic rings. The van der Waals surface area contributed by atoms with E-state index in [-0.39, 0.29) is 12.1 Å². The Balaban J connectivity index is 0.000000247. The predicted octanol–water partition coefficient (Wildman–Crippen LogP) is 4.23. The van der Waals surface area contributed by atoms with Crippen LogP contribution in [0.15, 0.2) is 78.9 Å². The molecule has 3 rings (SSSR count).